The Bertz CT molecular complexity index is 701. The SMILES string of the molecule is CCc1noc(CNc2ccccc2C(=O)N2CCCC(O)C2)n1. The number of aliphatic hydroxyl groups excluding tert-OH is 1. The third kappa shape index (κ3) is 3.73. The summed E-state index contributed by atoms with van der Waals surface area (Å²) in [4.78, 5) is 18.7. The van der Waals surface area contributed by atoms with Crippen LogP contribution in [0.5, 0.6) is 0 Å². The number of piperidine rings is 1. The molecule has 1 saturated heterocycles. The molecule has 1 aliphatic rings. The van der Waals surface area contributed by atoms with Crippen molar-refractivity contribution in [1.29, 1.82) is 0 Å². The van der Waals surface area contributed by atoms with Gasteiger partial charge in [-0.25, -0.2) is 0 Å². The second kappa shape index (κ2) is 7.44. The number of carbonyl (C=O) groups is 1. The second-order valence-corrected chi connectivity index (χ2v) is 5.90. The lowest BCUT2D eigenvalue weighted by atomic mass is 10.1. The van der Waals surface area contributed by atoms with E-state index in [2.05, 4.69) is 15.5 Å². The molecule has 0 radical (unpaired) electrons. The van der Waals surface area contributed by atoms with Crippen LogP contribution in [0.3, 0.4) is 0 Å². The maximum absolute atomic E-state index is 12.8. The lowest BCUT2D eigenvalue weighted by Crippen LogP contribution is -2.42. The zero-order valence-corrected chi connectivity index (χ0v) is 13.7. The molecule has 0 bridgehead atoms. The molecule has 1 atom stereocenters. The number of carbonyl (C=O) groups excluding carboxylic acids is 1. The van der Waals surface area contributed by atoms with E-state index in [1.54, 1.807) is 11.0 Å². The number of β-amino-alcohol motifs (C(OH)–C–C–N with tert-alkyl or cyclic N) is 1. The van der Waals surface area contributed by atoms with Crippen LogP contribution in [0.1, 0.15) is 41.8 Å². The summed E-state index contributed by atoms with van der Waals surface area (Å²) in [6.45, 7) is 3.38. The zero-order chi connectivity index (χ0) is 16.9. The van der Waals surface area contributed by atoms with E-state index >= 15 is 0 Å². The number of anilines is 1. The number of likely N-dealkylation sites (tertiary alicyclic amines) is 1. The molecule has 2 heterocycles. The summed E-state index contributed by atoms with van der Waals surface area (Å²) in [6.07, 6.45) is 1.86. The summed E-state index contributed by atoms with van der Waals surface area (Å²) >= 11 is 0. The molecule has 1 amide bonds. The third-order valence-corrected chi connectivity index (χ3v) is 4.10. The second-order valence-electron chi connectivity index (χ2n) is 5.90. The third-order valence-electron chi connectivity index (χ3n) is 4.10. The van der Waals surface area contributed by atoms with Crippen LogP contribution < -0.4 is 5.32 Å². The van der Waals surface area contributed by atoms with E-state index in [-0.39, 0.29) is 5.91 Å². The van der Waals surface area contributed by atoms with Gasteiger partial charge in [-0.05, 0) is 25.0 Å². The topological polar surface area (TPSA) is 91.5 Å². The molecular weight excluding hydrogens is 308 g/mol. The van der Waals surface area contributed by atoms with Crippen LogP contribution in [0, 0.1) is 0 Å². The van der Waals surface area contributed by atoms with E-state index in [0.29, 0.717) is 36.9 Å². The Morgan fingerprint density at radius 2 is 2.29 bits per heavy atom. The summed E-state index contributed by atoms with van der Waals surface area (Å²) in [5.41, 5.74) is 1.31. The number of aryl methyl sites for hydroxylation is 1. The fraction of sp³-hybridized carbons (Fsp3) is 0.471. The van der Waals surface area contributed by atoms with Gasteiger partial charge in [0.25, 0.3) is 5.91 Å². The standard InChI is InChI=1S/C17H22N4O3/c1-2-15-19-16(24-20-15)10-18-14-8-4-3-7-13(14)17(23)21-9-5-6-12(22)11-21/h3-4,7-8,12,18,22H,2,5-6,9-11H2,1H3. The molecule has 128 valence electrons. The van der Waals surface area contributed by atoms with Gasteiger partial charge in [-0.2, -0.15) is 4.98 Å². The number of hydrogen-bond acceptors (Lipinski definition) is 6. The monoisotopic (exact) mass is 330 g/mol. The van der Waals surface area contributed by atoms with Crippen molar-refractivity contribution in [3.05, 3.63) is 41.5 Å². The van der Waals surface area contributed by atoms with Gasteiger partial charge < -0.3 is 19.8 Å². The normalized spacial score (nSPS) is 17.8. The van der Waals surface area contributed by atoms with E-state index in [1.165, 1.54) is 0 Å². The van der Waals surface area contributed by atoms with Gasteiger partial charge in [-0.1, -0.05) is 24.2 Å². The maximum Gasteiger partial charge on any atom is 0.256 e. The fourth-order valence-corrected chi connectivity index (χ4v) is 2.81. The highest BCUT2D eigenvalue weighted by molar-refractivity contribution is 5.99. The lowest BCUT2D eigenvalue weighted by Gasteiger charge is -2.30. The zero-order valence-electron chi connectivity index (χ0n) is 13.7. The summed E-state index contributed by atoms with van der Waals surface area (Å²) in [5.74, 6) is 1.08. The van der Waals surface area contributed by atoms with E-state index < -0.39 is 6.10 Å². The molecule has 3 rings (SSSR count). The Morgan fingerprint density at radius 1 is 1.46 bits per heavy atom. The van der Waals surface area contributed by atoms with Gasteiger partial charge in [0.05, 0.1) is 18.2 Å². The first-order valence-electron chi connectivity index (χ1n) is 8.29. The summed E-state index contributed by atoms with van der Waals surface area (Å²) in [7, 11) is 0. The van der Waals surface area contributed by atoms with Crippen LogP contribution >= 0.6 is 0 Å². The smallest absolute Gasteiger partial charge is 0.256 e. The molecule has 1 aromatic carbocycles. The van der Waals surface area contributed by atoms with Gasteiger partial charge in [-0.15, -0.1) is 0 Å². The average molecular weight is 330 g/mol. The highest BCUT2D eigenvalue weighted by atomic mass is 16.5. The Balaban J connectivity index is 1.71. The fourth-order valence-electron chi connectivity index (χ4n) is 2.81. The predicted octanol–water partition coefficient (Wildman–Crippen LogP) is 1.84. The molecule has 2 aromatic rings. The molecule has 1 unspecified atom stereocenters. The molecule has 0 saturated carbocycles. The highest BCUT2D eigenvalue weighted by Crippen LogP contribution is 2.20. The molecule has 1 fully saturated rings. The summed E-state index contributed by atoms with van der Waals surface area (Å²) in [6, 6.07) is 7.35. The quantitative estimate of drug-likeness (QED) is 0.869. The lowest BCUT2D eigenvalue weighted by molar-refractivity contribution is 0.0474. The van der Waals surface area contributed by atoms with Crippen molar-refractivity contribution < 1.29 is 14.4 Å². The number of para-hydroxylation sites is 1. The summed E-state index contributed by atoms with van der Waals surface area (Å²) in [5, 5.41) is 16.8. The highest BCUT2D eigenvalue weighted by Gasteiger charge is 2.24. The van der Waals surface area contributed by atoms with Crippen molar-refractivity contribution >= 4 is 11.6 Å². The van der Waals surface area contributed by atoms with E-state index in [9.17, 15) is 9.90 Å². The molecule has 0 spiro atoms. The average Bonchev–Trinajstić information content (AvgIpc) is 3.08. The first-order chi connectivity index (χ1) is 11.7. The van der Waals surface area contributed by atoms with E-state index in [4.69, 9.17) is 4.52 Å². The Hall–Kier alpha value is -2.41. The number of benzene rings is 1. The first kappa shape index (κ1) is 16.4. The van der Waals surface area contributed by atoms with Gasteiger partial charge in [0.1, 0.15) is 0 Å². The molecule has 1 aromatic heterocycles. The molecule has 7 heteroatoms. The molecule has 24 heavy (non-hydrogen) atoms. The number of rotatable bonds is 5. The van der Waals surface area contributed by atoms with Crippen molar-refractivity contribution in [2.45, 2.75) is 38.8 Å². The molecule has 2 N–H and O–H groups in total. The first-order valence-corrected chi connectivity index (χ1v) is 8.29. The van der Waals surface area contributed by atoms with Gasteiger partial charge in [0, 0.05) is 25.2 Å². The minimum Gasteiger partial charge on any atom is -0.391 e. The number of aromatic nitrogens is 2. The van der Waals surface area contributed by atoms with E-state index in [0.717, 1.165) is 24.9 Å². The summed E-state index contributed by atoms with van der Waals surface area (Å²) < 4.78 is 5.16. The number of aliphatic hydroxyl groups is 1. The Labute approximate surface area is 140 Å². The number of nitrogens with zero attached hydrogens (tertiary/aromatic N) is 3. The molecule has 1 aliphatic heterocycles. The van der Waals surface area contributed by atoms with Crippen LogP contribution in [-0.2, 0) is 13.0 Å². The van der Waals surface area contributed by atoms with Crippen LogP contribution in [0.15, 0.2) is 28.8 Å². The molecular formula is C17H22N4O3. The van der Waals surface area contributed by atoms with Crippen LogP contribution in [0.4, 0.5) is 5.69 Å². The van der Waals surface area contributed by atoms with Crippen LogP contribution in [0.2, 0.25) is 0 Å². The van der Waals surface area contributed by atoms with Crippen molar-refractivity contribution in [3.63, 3.8) is 0 Å². The van der Waals surface area contributed by atoms with Crippen molar-refractivity contribution in [2.24, 2.45) is 0 Å². The van der Waals surface area contributed by atoms with Crippen molar-refractivity contribution in [3.8, 4) is 0 Å². The number of nitrogens with one attached hydrogen (secondary N) is 1. The van der Waals surface area contributed by atoms with Gasteiger partial charge >= 0.3 is 0 Å². The maximum atomic E-state index is 12.8. The van der Waals surface area contributed by atoms with Gasteiger partial charge in [-0.3, -0.25) is 4.79 Å². The minimum atomic E-state index is -0.436. The van der Waals surface area contributed by atoms with E-state index in [1.807, 2.05) is 25.1 Å². The van der Waals surface area contributed by atoms with Crippen LogP contribution in [-0.4, -0.2) is 45.2 Å². The van der Waals surface area contributed by atoms with Crippen LogP contribution in [0.25, 0.3) is 0 Å². The Morgan fingerprint density at radius 3 is 3.04 bits per heavy atom. The minimum absolute atomic E-state index is 0.0726. The largest absolute Gasteiger partial charge is 0.391 e. The predicted molar refractivity (Wildman–Crippen MR) is 88.6 cm³/mol. The van der Waals surface area contributed by atoms with Gasteiger partial charge in [0.15, 0.2) is 5.82 Å². The van der Waals surface area contributed by atoms with Crippen molar-refractivity contribution in [1.82, 2.24) is 15.0 Å². The number of amides is 1. The molecule has 0 aliphatic carbocycles. The molecule has 7 nitrogen and oxygen atoms in total. The van der Waals surface area contributed by atoms with Crippen molar-refractivity contribution in [2.75, 3.05) is 18.4 Å². The van der Waals surface area contributed by atoms with Gasteiger partial charge in [0.2, 0.25) is 5.89 Å². The number of hydrogen-bond donors (Lipinski definition) is 2. The Kier molecular flexibility index (Phi) is 5.10.